The van der Waals surface area contributed by atoms with Crippen LogP contribution in [0.4, 0.5) is 11.4 Å². The monoisotopic (exact) mass is 468 g/mol. The summed E-state index contributed by atoms with van der Waals surface area (Å²) in [4.78, 5) is 10.8. The van der Waals surface area contributed by atoms with Gasteiger partial charge >= 0.3 is 0 Å². The van der Waals surface area contributed by atoms with Gasteiger partial charge in [-0.15, -0.1) is 0 Å². The van der Waals surface area contributed by atoms with E-state index in [2.05, 4.69) is 10.0 Å². The number of nitrogens with zero attached hydrogens (tertiary/aromatic N) is 2. The first-order chi connectivity index (χ1) is 14.5. The normalized spacial score (nSPS) is 16.2. The van der Waals surface area contributed by atoms with Gasteiger partial charge in [-0.3, -0.25) is 10.1 Å². The van der Waals surface area contributed by atoms with Gasteiger partial charge in [-0.05, 0) is 51.1 Å². The molecule has 31 heavy (non-hydrogen) atoms. The Labute approximate surface area is 181 Å². The molecule has 12 heteroatoms. The fourth-order valence-electron chi connectivity index (χ4n) is 3.39. The Kier molecular flexibility index (Phi) is 6.65. The Balaban J connectivity index is 1.72. The van der Waals surface area contributed by atoms with Gasteiger partial charge in [0.2, 0.25) is 20.0 Å². The Morgan fingerprint density at radius 1 is 1.00 bits per heavy atom. The van der Waals surface area contributed by atoms with Crippen molar-refractivity contribution in [2.75, 3.05) is 25.5 Å². The summed E-state index contributed by atoms with van der Waals surface area (Å²) in [7, 11) is -6.18. The van der Waals surface area contributed by atoms with Gasteiger partial charge in [0.15, 0.2) is 0 Å². The van der Waals surface area contributed by atoms with E-state index in [9.17, 15) is 26.9 Å². The van der Waals surface area contributed by atoms with Crippen molar-refractivity contribution < 1.29 is 21.8 Å². The molecule has 1 fully saturated rings. The van der Waals surface area contributed by atoms with Gasteiger partial charge in [0.1, 0.15) is 5.69 Å². The fraction of sp³-hybridized carbons (Fsp3) is 0.368. The smallest absolute Gasteiger partial charge is 0.293 e. The summed E-state index contributed by atoms with van der Waals surface area (Å²) in [5.74, 6) is 0. The van der Waals surface area contributed by atoms with Gasteiger partial charge in [-0.2, -0.15) is 4.31 Å². The molecule has 2 aromatic carbocycles. The lowest BCUT2D eigenvalue weighted by Crippen LogP contribution is -2.42. The van der Waals surface area contributed by atoms with Crippen molar-refractivity contribution in [2.24, 2.45) is 0 Å². The zero-order valence-corrected chi connectivity index (χ0v) is 18.7. The Morgan fingerprint density at radius 3 is 2.13 bits per heavy atom. The van der Waals surface area contributed by atoms with Gasteiger partial charge in [-0.1, -0.05) is 17.7 Å². The molecule has 1 saturated heterocycles. The highest BCUT2D eigenvalue weighted by Crippen LogP contribution is 2.30. The van der Waals surface area contributed by atoms with Crippen LogP contribution in [0.5, 0.6) is 0 Å². The van der Waals surface area contributed by atoms with Gasteiger partial charge in [0, 0.05) is 25.2 Å². The van der Waals surface area contributed by atoms with Gasteiger partial charge < -0.3 is 5.32 Å². The van der Waals surface area contributed by atoms with Crippen LogP contribution in [0.2, 0.25) is 0 Å². The standard InChI is InChI=1S/C19H24N4O6S2/c1-14-3-5-16(6-4-14)31(28,29)22-11-9-15(10-12-22)21-18-8-7-17(30(26,27)20-2)13-19(18)23(24)25/h3-8,13,15,20-21H,9-12H2,1-2H3. The predicted octanol–water partition coefficient (Wildman–Crippen LogP) is 2.08. The first-order valence-corrected chi connectivity index (χ1v) is 12.5. The summed E-state index contributed by atoms with van der Waals surface area (Å²) >= 11 is 0. The van der Waals surface area contributed by atoms with Crippen LogP contribution in [0.3, 0.4) is 0 Å². The number of anilines is 1. The van der Waals surface area contributed by atoms with Crippen molar-refractivity contribution in [3.63, 3.8) is 0 Å². The summed E-state index contributed by atoms with van der Waals surface area (Å²) < 4.78 is 53.0. The van der Waals surface area contributed by atoms with Crippen molar-refractivity contribution in [2.45, 2.75) is 35.6 Å². The quantitative estimate of drug-likeness (QED) is 0.468. The van der Waals surface area contributed by atoms with Crippen LogP contribution >= 0.6 is 0 Å². The van der Waals surface area contributed by atoms with Gasteiger partial charge in [0.05, 0.1) is 14.7 Å². The summed E-state index contributed by atoms with van der Waals surface area (Å²) in [6, 6.07) is 10.1. The number of hydrogen-bond donors (Lipinski definition) is 2. The van der Waals surface area contributed by atoms with Crippen molar-refractivity contribution in [1.29, 1.82) is 0 Å². The molecular formula is C19H24N4O6S2. The fourth-order valence-corrected chi connectivity index (χ4v) is 5.61. The molecule has 0 radical (unpaired) electrons. The number of sulfonamides is 2. The van der Waals surface area contributed by atoms with Gasteiger partial charge in [-0.25, -0.2) is 21.6 Å². The van der Waals surface area contributed by atoms with E-state index in [-0.39, 0.29) is 40.3 Å². The van der Waals surface area contributed by atoms with Gasteiger partial charge in [0.25, 0.3) is 5.69 Å². The molecule has 1 aliphatic heterocycles. The second kappa shape index (κ2) is 8.91. The molecule has 0 aliphatic carbocycles. The molecule has 10 nitrogen and oxygen atoms in total. The Hall–Kier alpha value is -2.54. The minimum absolute atomic E-state index is 0.185. The third-order valence-corrected chi connectivity index (χ3v) is 8.54. The van der Waals surface area contributed by atoms with Crippen LogP contribution in [0.15, 0.2) is 52.3 Å². The Morgan fingerprint density at radius 2 is 1.58 bits per heavy atom. The molecule has 0 spiro atoms. The molecular weight excluding hydrogens is 444 g/mol. The molecule has 0 aromatic heterocycles. The molecule has 2 aromatic rings. The highest BCUT2D eigenvalue weighted by Gasteiger charge is 2.30. The van der Waals surface area contributed by atoms with E-state index in [0.717, 1.165) is 11.6 Å². The third kappa shape index (κ3) is 5.03. The second-order valence-electron chi connectivity index (χ2n) is 7.28. The lowest BCUT2D eigenvalue weighted by Gasteiger charge is -2.32. The topological polar surface area (TPSA) is 139 Å². The van der Waals surface area contributed by atoms with Crippen LogP contribution in [-0.2, 0) is 20.0 Å². The molecule has 0 bridgehead atoms. The molecule has 0 amide bonds. The van der Waals surface area contributed by atoms with E-state index < -0.39 is 25.0 Å². The first-order valence-electron chi connectivity index (χ1n) is 9.60. The number of nitro groups is 1. The van der Waals surface area contributed by atoms with Crippen molar-refractivity contribution >= 4 is 31.4 Å². The molecule has 3 rings (SSSR count). The lowest BCUT2D eigenvalue weighted by molar-refractivity contribution is -0.384. The van der Waals surface area contributed by atoms with E-state index in [1.54, 1.807) is 24.3 Å². The maximum absolute atomic E-state index is 12.8. The number of nitro benzene ring substituents is 1. The zero-order valence-electron chi connectivity index (χ0n) is 17.1. The summed E-state index contributed by atoms with van der Waals surface area (Å²) in [6.45, 7) is 2.43. The maximum Gasteiger partial charge on any atom is 0.293 e. The second-order valence-corrected chi connectivity index (χ2v) is 11.1. The van der Waals surface area contributed by atoms with E-state index in [1.165, 1.54) is 23.5 Å². The summed E-state index contributed by atoms with van der Waals surface area (Å²) in [5, 5.41) is 14.5. The zero-order chi connectivity index (χ0) is 22.8. The number of hydrogen-bond acceptors (Lipinski definition) is 7. The van der Waals surface area contributed by atoms with Crippen molar-refractivity contribution in [3.8, 4) is 0 Å². The van der Waals surface area contributed by atoms with Crippen LogP contribution in [0.25, 0.3) is 0 Å². The van der Waals surface area contributed by atoms with Crippen LogP contribution < -0.4 is 10.0 Å². The predicted molar refractivity (Wildman–Crippen MR) is 116 cm³/mol. The molecule has 168 valence electrons. The van der Waals surface area contributed by atoms with Crippen molar-refractivity contribution in [3.05, 3.63) is 58.1 Å². The maximum atomic E-state index is 12.8. The molecule has 1 aliphatic rings. The number of benzene rings is 2. The van der Waals surface area contributed by atoms with Crippen LogP contribution in [0.1, 0.15) is 18.4 Å². The molecule has 0 unspecified atom stereocenters. The number of piperidine rings is 1. The molecule has 0 saturated carbocycles. The van der Waals surface area contributed by atoms with Crippen LogP contribution in [-0.4, -0.2) is 52.2 Å². The number of rotatable bonds is 7. The average Bonchev–Trinajstić information content (AvgIpc) is 2.74. The molecule has 0 atom stereocenters. The number of nitrogens with one attached hydrogen (secondary N) is 2. The van der Waals surface area contributed by atoms with E-state index >= 15 is 0 Å². The van der Waals surface area contributed by atoms with E-state index in [1.807, 2.05) is 6.92 Å². The molecule has 1 heterocycles. The Bertz CT molecular complexity index is 1170. The highest BCUT2D eigenvalue weighted by molar-refractivity contribution is 7.89. The first kappa shape index (κ1) is 23.1. The molecule has 2 N–H and O–H groups in total. The lowest BCUT2D eigenvalue weighted by atomic mass is 10.1. The largest absolute Gasteiger partial charge is 0.377 e. The average molecular weight is 469 g/mol. The minimum atomic E-state index is -3.81. The SMILES string of the molecule is CNS(=O)(=O)c1ccc(NC2CCN(S(=O)(=O)c3ccc(C)cc3)CC2)c([N+](=O)[O-])c1. The minimum Gasteiger partial charge on any atom is -0.377 e. The van der Waals surface area contributed by atoms with E-state index in [4.69, 9.17) is 0 Å². The number of aryl methyl sites for hydroxylation is 1. The van der Waals surface area contributed by atoms with Crippen LogP contribution in [0, 0.1) is 17.0 Å². The summed E-state index contributed by atoms with van der Waals surface area (Å²) in [5.41, 5.74) is 0.808. The third-order valence-electron chi connectivity index (χ3n) is 5.22. The van der Waals surface area contributed by atoms with Crippen molar-refractivity contribution in [1.82, 2.24) is 9.03 Å². The highest BCUT2D eigenvalue weighted by atomic mass is 32.2. The summed E-state index contributed by atoms with van der Waals surface area (Å²) in [6.07, 6.45) is 0.914. The van der Waals surface area contributed by atoms with E-state index in [0.29, 0.717) is 12.8 Å².